The number of aliphatic hydroxyl groups is 2. The first-order valence-corrected chi connectivity index (χ1v) is 11.2. The van der Waals surface area contributed by atoms with Gasteiger partial charge in [-0.1, -0.05) is 19.9 Å². The molecule has 3 unspecified atom stereocenters. The summed E-state index contributed by atoms with van der Waals surface area (Å²) >= 11 is 0. The second-order valence-corrected chi connectivity index (χ2v) is 11.0. The molecule has 1 saturated heterocycles. The number of fused-ring (bicyclic) bond motifs is 7. The molecule has 31 heavy (non-hydrogen) atoms. The molecule has 0 aromatic carbocycles. The zero-order valence-electron chi connectivity index (χ0n) is 18.4. The second kappa shape index (κ2) is 6.34. The van der Waals surface area contributed by atoms with Crippen LogP contribution in [0.1, 0.15) is 47.0 Å². The molecule has 0 radical (unpaired) electrons. The monoisotopic (exact) mass is 434 g/mol. The van der Waals surface area contributed by atoms with E-state index in [1.165, 1.54) is 12.2 Å². The summed E-state index contributed by atoms with van der Waals surface area (Å²) in [5, 5.41) is 21.3. The molecule has 0 amide bonds. The lowest BCUT2D eigenvalue weighted by Gasteiger charge is -2.60. The highest BCUT2D eigenvalue weighted by Crippen LogP contribution is 2.70. The lowest BCUT2D eigenvalue weighted by molar-refractivity contribution is -0.226. The SMILES string of the molecule is CC1(C)O[C@@H]2C[C@H]3[C@@H]4C[C@H](F)C5=CC(=O)C=CC5(C)[C@H]4[C@@H](O)CC3(C)C2(C(=O)CO)O1. The molecule has 6 nitrogen and oxygen atoms in total. The quantitative estimate of drug-likeness (QED) is 0.693. The molecule has 1 aliphatic heterocycles. The lowest BCUT2D eigenvalue weighted by atomic mass is 9.46. The van der Waals surface area contributed by atoms with Crippen molar-refractivity contribution < 1.29 is 33.7 Å². The van der Waals surface area contributed by atoms with Gasteiger partial charge in [0.15, 0.2) is 23.0 Å². The van der Waals surface area contributed by atoms with E-state index in [0.717, 1.165) is 0 Å². The van der Waals surface area contributed by atoms with Crippen molar-refractivity contribution in [2.75, 3.05) is 6.61 Å². The zero-order chi connectivity index (χ0) is 22.6. The van der Waals surface area contributed by atoms with Crippen molar-refractivity contribution >= 4 is 11.6 Å². The first kappa shape index (κ1) is 21.4. The van der Waals surface area contributed by atoms with Gasteiger partial charge in [-0.15, -0.1) is 0 Å². The molecule has 5 aliphatic rings. The molecule has 0 spiro atoms. The average Bonchev–Trinajstić information content (AvgIpc) is 3.08. The van der Waals surface area contributed by atoms with Crippen LogP contribution in [0.4, 0.5) is 4.39 Å². The van der Waals surface area contributed by atoms with Crippen LogP contribution in [0.3, 0.4) is 0 Å². The van der Waals surface area contributed by atoms with Gasteiger partial charge < -0.3 is 19.7 Å². The minimum Gasteiger partial charge on any atom is -0.393 e. The van der Waals surface area contributed by atoms with Gasteiger partial charge in [-0.25, -0.2) is 4.39 Å². The molecule has 0 bridgehead atoms. The van der Waals surface area contributed by atoms with E-state index < -0.39 is 53.0 Å². The van der Waals surface area contributed by atoms with Crippen LogP contribution in [0.25, 0.3) is 0 Å². The van der Waals surface area contributed by atoms with Crippen LogP contribution in [0.15, 0.2) is 23.8 Å². The summed E-state index contributed by atoms with van der Waals surface area (Å²) in [4.78, 5) is 25.1. The van der Waals surface area contributed by atoms with Crippen LogP contribution < -0.4 is 0 Å². The Bertz CT molecular complexity index is 910. The third kappa shape index (κ3) is 2.52. The number of allylic oxidation sites excluding steroid dienone is 4. The van der Waals surface area contributed by atoms with Gasteiger partial charge in [0.05, 0.1) is 12.2 Å². The maximum Gasteiger partial charge on any atom is 0.193 e. The maximum atomic E-state index is 15.4. The van der Waals surface area contributed by atoms with Crippen LogP contribution in [0, 0.1) is 28.6 Å². The van der Waals surface area contributed by atoms with Crippen LogP contribution in [0.5, 0.6) is 0 Å². The summed E-state index contributed by atoms with van der Waals surface area (Å²) in [6.07, 6.45) is 2.90. The molecule has 170 valence electrons. The summed E-state index contributed by atoms with van der Waals surface area (Å²) in [6.45, 7) is 6.65. The highest BCUT2D eigenvalue weighted by molar-refractivity contribution is 6.01. The van der Waals surface area contributed by atoms with Crippen LogP contribution in [-0.4, -0.2) is 58.2 Å². The largest absolute Gasteiger partial charge is 0.393 e. The number of rotatable bonds is 2. The van der Waals surface area contributed by atoms with Crippen LogP contribution >= 0.6 is 0 Å². The Labute approximate surface area is 181 Å². The fourth-order valence-corrected chi connectivity index (χ4v) is 8.05. The van der Waals surface area contributed by atoms with Crippen molar-refractivity contribution in [1.82, 2.24) is 0 Å². The first-order chi connectivity index (χ1) is 14.4. The maximum absolute atomic E-state index is 15.4. The number of Topliss-reactive ketones (excluding diaryl/α,β-unsaturated/α-hetero) is 1. The number of alkyl halides is 1. The van der Waals surface area contributed by atoms with E-state index in [1.807, 2.05) is 13.8 Å². The van der Waals surface area contributed by atoms with Gasteiger partial charge in [0, 0.05) is 16.7 Å². The number of aliphatic hydroxyl groups excluding tert-OH is 2. The van der Waals surface area contributed by atoms with Crippen molar-refractivity contribution in [1.29, 1.82) is 0 Å². The molecule has 5 rings (SSSR count). The van der Waals surface area contributed by atoms with Crippen LogP contribution in [0.2, 0.25) is 0 Å². The normalized spacial score (nSPS) is 52.1. The topological polar surface area (TPSA) is 93.1 Å². The predicted molar refractivity (Wildman–Crippen MR) is 109 cm³/mol. The van der Waals surface area contributed by atoms with Gasteiger partial charge in [-0.2, -0.15) is 0 Å². The fraction of sp³-hybridized carbons (Fsp3) is 0.750. The summed E-state index contributed by atoms with van der Waals surface area (Å²) < 4.78 is 27.9. The predicted octanol–water partition coefficient (Wildman–Crippen LogP) is 2.27. The highest BCUT2D eigenvalue weighted by atomic mass is 19.1. The van der Waals surface area contributed by atoms with Gasteiger partial charge in [-0.05, 0) is 62.7 Å². The molecule has 9 atom stereocenters. The number of carbonyl (C=O) groups excluding carboxylic acids is 2. The number of ketones is 2. The van der Waals surface area contributed by atoms with Crippen molar-refractivity contribution in [3.8, 4) is 0 Å². The Morgan fingerprint density at radius 1 is 1.26 bits per heavy atom. The minimum atomic E-state index is -1.37. The summed E-state index contributed by atoms with van der Waals surface area (Å²) in [5.74, 6) is -2.28. The van der Waals surface area contributed by atoms with Gasteiger partial charge in [0.25, 0.3) is 0 Å². The molecule has 1 heterocycles. The molecular weight excluding hydrogens is 403 g/mol. The van der Waals surface area contributed by atoms with E-state index >= 15 is 4.39 Å². The number of hydrogen-bond acceptors (Lipinski definition) is 6. The Morgan fingerprint density at radius 2 is 1.97 bits per heavy atom. The van der Waals surface area contributed by atoms with Gasteiger partial charge >= 0.3 is 0 Å². The molecule has 0 aromatic rings. The second-order valence-electron chi connectivity index (χ2n) is 11.0. The van der Waals surface area contributed by atoms with Gasteiger partial charge in [0.2, 0.25) is 0 Å². The van der Waals surface area contributed by atoms with E-state index in [2.05, 4.69) is 0 Å². The molecule has 2 N–H and O–H groups in total. The standard InChI is InChI=1S/C24H31FO6/c1-21(2)30-19-9-14-13-8-16(25)15-7-12(27)5-6-22(15,3)20(13)17(28)10-23(14,4)24(19,31-21)18(29)11-26/h5-7,13-14,16-17,19-20,26,28H,8-11H2,1-4H3/t13-,14-,16-,17-,19+,20+,22?,23?,24?/m0/s1. The van der Waals surface area contributed by atoms with Crippen molar-refractivity contribution in [3.05, 3.63) is 23.8 Å². The molecule has 4 aliphatic carbocycles. The molecule has 3 saturated carbocycles. The Hall–Kier alpha value is -1.41. The van der Waals surface area contributed by atoms with E-state index in [-0.39, 0.29) is 36.4 Å². The van der Waals surface area contributed by atoms with Gasteiger partial charge in [-0.3, -0.25) is 9.59 Å². The number of ether oxygens (including phenoxy) is 2. The lowest BCUT2D eigenvalue weighted by Crippen LogP contribution is -2.64. The molecule has 0 aromatic heterocycles. The van der Waals surface area contributed by atoms with Crippen molar-refractivity contribution in [2.45, 2.75) is 76.7 Å². The zero-order valence-corrected chi connectivity index (χ0v) is 18.4. The summed E-state index contributed by atoms with van der Waals surface area (Å²) in [7, 11) is 0. The minimum absolute atomic E-state index is 0.125. The van der Waals surface area contributed by atoms with E-state index in [1.54, 1.807) is 19.9 Å². The third-order valence-electron chi connectivity index (χ3n) is 9.03. The Balaban J connectivity index is 1.62. The average molecular weight is 435 g/mol. The van der Waals surface area contributed by atoms with E-state index in [9.17, 15) is 19.8 Å². The fourth-order valence-electron chi connectivity index (χ4n) is 8.05. The van der Waals surface area contributed by atoms with Gasteiger partial charge in [0.1, 0.15) is 12.8 Å². The van der Waals surface area contributed by atoms with Crippen molar-refractivity contribution in [2.24, 2.45) is 28.6 Å². The van der Waals surface area contributed by atoms with Crippen molar-refractivity contribution in [3.63, 3.8) is 0 Å². The Kier molecular flexibility index (Phi) is 4.38. The molecule has 7 heteroatoms. The van der Waals surface area contributed by atoms with Crippen LogP contribution in [-0.2, 0) is 19.1 Å². The summed E-state index contributed by atoms with van der Waals surface area (Å²) in [5.41, 5.74) is -2.50. The number of carbonyl (C=O) groups is 2. The first-order valence-electron chi connectivity index (χ1n) is 11.2. The van der Waals surface area contributed by atoms with E-state index in [0.29, 0.717) is 12.0 Å². The molecular formula is C24H31FO6. The summed E-state index contributed by atoms with van der Waals surface area (Å²) in [6, 6.07) is 0. The Morgan fingerprint density at radius 3 is 2.65 bits per heavy atom. The number of hydrogen-bond donors (Lipinski definition) is 2. The smallest absolute Gasteiger partial charge is 0.193 e. The third-order valence-corrected chi connectivity index (χ3v) is 9.03. The molecule has 4 fully saturated rings. The highest BCUT2D eigenvalue weighted by Gasteiger charge is 2.77. The number of halogens is 1. The van der Waals surface area contributed by atoms with E-state index in [4.69, 9.17) is 9.47 Å².